The lowest BCUT2D eigenvalue weighted by atomic mass is 9.92. The molecule has 4 nitrogen and oxygen atoms in total. The third-order valence-corrected chi connectivity index (χ3v) is 5.77. The minimum absolute atomic E-state index is 0.325. The lowest BCUT2D eigenvalue weighted by Crippen LogP contribution is -2.14. The zero-order valence-corrected chi connectivity index (χ0v) is 12.9. The molecular weight excluding hydrogens is 292 g/mol. The van der Waals surface area contributed by atoms with Gasteiger partial charge in [-0.25, -0.2) is 13.4 Å². The summed E-state index contributed by atoms with van der Waals surface area (Å²) < 4.78 is 27.2. The third-order valence-electron chi connectivity index (χ3n) is 3.47. The molecule has 1 aromatic heterocycles. The first-order valence-electron chi connectivity index (χ1n) is 6.62. The Labute approximate surface area is 122 Å². The number of aromatic nitrogens is 1. The standard InChI is InChI=1S/C14H16N2O2S2/c1-10-9-15-14(19-10)16-20(17,18)13-7-6-11-4-2-3-5-12(11)8-13/h6-9H,2-5H2,1H3,(H,15,16). The van der Waals surface area contributed by atoms with Gasteiger partial charge in [0.2, 0.25) is 0 Å². The monoisotopic (exact) mass is 308 g/mol. The summed E-state index contributed by atoms with van der Waals surface area (Å²) in [7, 11) is -3.54. The third kappa shape index (κ3) is 2.71. The van der Waals surface area contributed by atoms with E-state index in [1.54, 1.807) is 18.3 Å². The van der Waals surface area contributed by atoms with Crippen molar-refractivity contribution in [1.82, 2.24) is 4.98 Å². The van der Waals surface area contributed by atoms with Crippen molar-refractivity contribution < 1.29 is 8.42 Å². The maximum Gasteiger partial charge on any atom is 0.263 e. The number of thiazole rings is 1. The van der Waals surface area contributed by atoms with Crippen LogP contribution in [0, 0.1) is 6.92 Å². The molecule has 0 saturated carbocycles. The van der Waals surface area contributed by atoms with E-state index < -0.39 is 10.0 Å². The average molecular weight is 308 g/mol. The number of hydrogen-bond acceptors (Lipinski definition) is 4. The average Bonchev–Trinajstić information content (AvgIpc) is 2.83. The van der Waals surface area contributed by atoms with E-state index in [-0.39, 0.29) is 0 Å². The van der Waals surface area contributed by atoms with E-state index in [2.05, 4.69) is 9.71 Å². The first-order valence-corrected chi connectivity index (χ1v) is 8.92. The van der Waals surface area contributed by atoms with Gasteiger partial charge in [0.25, 0.3) is 10.0 Å². The highest BCUT2D eigenvalue weighted by atomic mass is 32.2. The number of fused-ring (bicyclic) bond motifs is 1. The Morgan fingerprint density at radius 2 is 1.95 bits per heavy atom. The molecule has 0 spiro atoms. The first-order chi connectivity index (χ1) is 9.54. The highest BCUT2D eigenvalue weighted by Crippen LogP contribution is 2.26. The summed E-state index contributed by atoms with van der Waals surface area (Å²) in [5.74, 6) is 0. The predicted molar refractivity (Wildman–Crippen MR) is 80.7 cm³/mol. The molecule has 0 aliphatic heterocycles. The second-order valence-electron chi connectivity index (χ2n) is 5.02. The molecule has 1 N–H and O–H groups in total. The number of rotatable bonds is 3. The predicted octanol–water partition coefficient (Wildman–Crippen LogP) is 3.13. The van der Waals surface area contributed by atoms with Crippen LogP contribution in [0.2, 0.25) is 0 Å². The minimum Gasteiger partial charge on any atom is -0.255 e. The molecule has 2 aromatic rings. The van der Waals surface area contributed by atoms with Crippen molar-refractivity contribution in [2.45, 2.75) is 37.5 Å². The fourth-order valence-electron chi connectivity index (χ4n) is 2.45. The molecule has 1 aromatic carbocycles. The molecule has 0 saturated heterocycles. The van der Waals surface area contributed by atoms with Crippen LogP contribution in [0.25, 0.3) is 0 Å². The second-order valence-corrected chi connectivity index (χ2v) is 7.94. The van der Waals surface area contributed by atoms with E-state index in [0.29, 0.717) is 10.0 Å². The van der Waals surface area contributed by atoms with Crippen molar-refractivity contribution in [3.05, 3.63) is 40.4 Å². The van der Waals surface area contributed by atoms with Crippen LogP contribution >= 0.6 is 11.3 Å². The van der Waals surface area contributed by atoms with Gasteiger partial charge in [-0.2, -0.15) is 0 Å². The number of hydrogen-bond donors (Lipinski definition) is 1. The molecule has 1 heterocycles. The molecule has 1 aliphatic rings. The van der Waals surface area contributed by atoms with Crippen molar-refractivity contribution in [1.29, 1.82) is 0 Å². The number of sulfonamides is 1. The van der Waals surface area contributed by atoms with E-state index in [9.17, 15) is 8.42 Å². The Kier molecular flexibility index (Phi) is 3.52. The highest BCUT2D eigenvalue weighted by molar-refractivity contribution is 7.93. The van der Waals surface area contributed by atoms with Gasteiger partial charge in [-0.15, -0.1) is 11.3 Å². The van der Waals surface area contributed by atoms with Crippen LogP contribution < -0.4 is 4.72 Å². The second kappa shape index (κ2) is 5.18. The van der Waals surface area contributed by atoms with Gasteiger partial charge in [0, 0.05) is 11.1 Å². The maximum atomic E-state index is 12.4. The van der Waals surface area contributed by atoms with E-state index in [0.717, 1.165) is 29.7 Å². The molecular formula is C14H16N2O2S2. The van der Waals surface area contributed by atoms with E-state index in [1.165, 1.54) is 23.3 Å². The SMILES string of the molecule is Cc1cnc(NS(=O)(=O)c2ccc3c(c2)CCCC3)s1. The first kappa shape index (κ1) is 13.6. The van der Waals surface area contributed by atoms with E-state index in [4.69, 9.17) is 0 Å². The minimum atomic E-state index is -3.54. The summed E-state index contributed by atoms with van der Waals surface area (Å²) in [6.45, 7) is 1.90. The van der Waals surface area contributed by atoms with Crippen LogP contribution in [0.3, 0.4) is 0 Å². The molecule has 106 valence electrons. The fourth-order valence-corrected chi connectivity index (χ4v) is 4.41. The number of nitrogens with one attached hydrogen (secondary N) is 1. The molecule has 20 heavy (non-hydrogen) atoms. The van der Waals surface area contributed by atoms with Crippen LogP contribution in [0.1, 0.15) is 28.8 Å². The zero-order valence-electron chi connectivity index (χ0n) is 11.2. The summed E-state index contributed by atoms with van der Waals surface area (Å²) in [5, 5.41) is 0.417. The van der Waals surface area contributed by atoms with Crippen LogP contribution in [0.15, 0.2) is 29.3 Å². The Bertz CT molecular complexity index is 735. The van der Waals surface area contributed by atoms with Gasteiger partial charge < -0.3 is 0 Å². The van der Waals surface area contributed by atoms with Gasteiger partial charge >= 0.3 is 0 Å². The van der Waals surface area contributed by atoms with E-state index >= 15 is 0 Å². The fraction of sp³-hybridized carbons (Fsp3) is 0.357. The summed E-state index contributed by atoms with van der Waals surface area (Å²) in [5.41, 5.74) is 2.44. The van der Waals surface area contributed by atoms with Gasteiger partial charge in [-0.3, -0.25) is 4.72 Å². The molecule has 0 bridgehead atoms. The Morgan fingerprint density at radius 1 is 1.20 bits per heavy atom. The smallest absolute Gasteiger partial charge is 0.255 e. The van der Waals surface area contributed by atoms with Crippen molar-refractivity contribution in [3.8, 4) is 0 Å². The summed E-state index contributed by atoms with van der Waals surface area (Å²) in [6, 6.07) is 5.43. The normalized spacial score (nSPS) is 14.8. The van der Waals surface area contributed by atoms with Gasteiger partial charge in [0.05, 0.1) is 4.90 Å². The molecule has 3 rings (SSSR count). The van der Waals surface area contributed by atoms with Crippen LogP contribution in [0.4, 0.5) is 5.13 Å². The van der Waals surface area contributed by atoms with Crippen molar-refractivity contribution in [3.63, 3.8) is 0 Å². The van der Waals surface area contributed by atoms with Gasteiger partial charge in [0.1, 0.15) is 0 Å². The van der Waals surface area contributed by atoms with Gasteiger partial charge in [-0.05, 0) is 55.9 Å². The topological polar surface area (TPSA) is 59.1 Å². The lowest BCUT2D eigenvalue weighted by Gasteiger charge is -2.16. The molecule has 0 fully saturated rings. The number of aryl methyl sites for hydroxylation is 3. The van der Waals surface area contributed by atoms with Crippen molar-refractivity contribution in [2.24, 2.45) is 0 Å². The largest absolute Gasteiger partial charge is 0.263 e. The van der Waals surface area contributed by atoms with Crippen LogP contribution in [-0.4, -0.2) is 13.4 Å². The Hall–Kier alpha value is -1.40. The summed E-state index contributed by atoms with van der Waals surface area (Å²) in [6.07, 6.45) is 6.00. The molecule has 0 atom stereocenters. The Morgan fingerprint density at radius 3 is 2.65 bits per heavy atom. The van der Waals surface area contributed by atoms with E-state index in [1.807, 2.05) is 13.0 Å². The molecule has 0 radical (unpaired) electrons. The number of anilines is 1. The quantitative estimate of drug-likeness (QED) is 0.947. The van der Waals surface area contributed by atoms with Crippen molar-refractivity contribution >= 4 is 26.5 Å². The number of nitrogens with zero attached hydrogens (tertiary/aromatic N) is 1. The van der Waals surface area contributed by atoms with Gasteiger partial charge in [-0.1, -0.05) is 6.07 Å². The number of benzene rings is 1. The summed E-state index contributed by atoms with van der Waals surface area (Å²) >= 11 is 1.34. The molecule has 0 amide bonds. The summed E-state index contributed by atoms with van der Waals surface area (Å²) in [4.78, 5) is 5.35. The molecule has 6 heteroatoms. The molecule has 1 aliphatic carbocycles. The van der Waals surface area contributed by atoms with Crippen LogP contribution in [0.5, 0.6) is 0 Å². The highest BCUT2D eigenvalue weighted by Gasteiger charge is 2.18. The van der Waals surface area contributed by atoms with Gasteiger partial charge in [0.15, 0.2) is 5.13 Å². The van der Waals surface area contributed by atoms with Crippen molar-refractivity contribution in [2.75, 3.05) is 4.72 Å². The maximum absolute atomic E-state index is 12.4. The zero-order chi connectivity index (χ0) is 14.2. The lowest BCUT2D eigenvalue weighted by molar-refractivity contribution is 0.600. The molecule has 0 unspecified atom stereocenters. The van der Waals surface area contributed by atoms with Crippen LogP contribution in [-0.2, 0) is 22.9 Å². The Balaban J connectivity index is 1.91.